The van der Waals surface area contributed by atoms with Crippen LogP contribution in [-0.2, 0) is 6.61 Å². The summed E-state index contributed by atoms with van der Waals surface area (Å²) >= 11 is 0. The SMILES string of the molecule is OCC(O)CNc1ccccc1OCc1ccccc1. The van der Waals surface area contributed by atoms with Crippen molar-refractivity contribution in [2.75, 3.05) is 18.5 Å². The van der Waals surface area contributed by atoms with Crippen LogP contribution in [0.4, 0.5) is 5.69 Å². The standard InChI is InChI=1S/C16H19NO3/c18-11-14(19)10-17-15-8-4-5-9-16(15)20-12-13-6-2-1-3-7-13/h1-9,14,17-19H,10-12H2. The molecule has 2 aromatic rings. The van der Waals surface area contributed by atoms with E-state index in [4.69, 9.17) is 9.84 Å². The molecule has 1 atom stereocenters. The summed E-state index contributed by atoms with van der Waals surface area (Å²) in [4.78, 5) is 0. The van der Waals surface area contributed by atoms with E-state index in [9.17, 15) is 5.11 Å². The zero-order valence-electron chi connectivity index (χ0n) is 11.2. The summed E-state index contributed by atoms with van der Waals surface area (Å²) in [6.07, 6.45) is -0.780. The molecule has 1 unspecified atom stereocenters. The number of hydrogen-bond acceptors (Lipinski definition) is 4. The Kier molecular flexibility index (Phi) is 5.41. The summed E-state index contributed by atoms with van der Waals surface area (Å²) in [6, 6.07) is 17.5. The first kappa shape index (κ1) is 14.4. The van der Waals surface area contributed by atoms with Crippen molar-refractivity contribution in [1.82, 2.24) is 0 Å². The molecule has 2 rings (SSSR count). The van der Waals surface area contributed by atoms with Crippen molar-refractivity contribution in [2.45, 2.75) is 12.7 Å². The Labute approximate surface area is 118 Å². The van der Waals surface area contributed by atoms with Crippen molar-refractivity contribution in [3.05, 3.63) is 60.2 Å². The minimum Gasteiger partial charge on any atom is -0.487 e. The molecule has 4 nitrogen and oxygen atoms in total. The molecule has 0 amide bonds. The van der Waals surface area contributed by atoms with Crippen LogP contribution >= 0.6 is 0 Å². The van der Waals surface area contributed by atoms with Gasteiger partial charge in [-0.15, -0.1) is 0 Å². The zero-order chi connectivity index (χ0) is 14.2. The number of para-hydroxylation sites is 2. The molecule has 0 aliphatic carbocycles. The lowest BCUT2D eigenvalue weighted by Crippen LogP contribution is -2.23. The Hall–Kier alpha value is -2.04. The van der Waals surface area contributed by atoms with Crippen molar-refractivity contribution in [1.29, 1.82) is 0 Å². The second kappa shape index (κ2) is 7.53. The van der Waals surface area contributed by atoms with Crippen LogP contribution in [0.15, 0.2) is 54.6 Å². The van der Waals surface area contributed by atoms with Crippen molar-refractivity contribution in [3.8, 4) is 5.75 Å². The molecule has 0 aromatic heterocycles. The summed E-state index contributed by atoms with van der Waals surface area (Å²) in [5, 5.41) is 21.2. The fourth-order valence-electron chi connectivity index (χ4n) is 1.77. The molecule has 0 saturated heterocycles. The van der Waals surface area contributed by atoms with E-state index in [0.717, 1.165) is 17.0 Å². The van der Waals surface area contributed by atoms with Gasteiger partial charge in [-0.1, -0.05) is 42.5 Å². The molecule has 3 N–H and O–H groups in total. The summed E-state index contributed by atoms with van der Waals surface area (Å²) in [6.45, 7) is 0.504. The first-order valence-corrected chi connectivity index (χ1v) is 6.58. The lowest BCUT2D eigenvalue weighted by molar-refractivity contribution is 0.105. The predicted octanol–water partition coefficient (Wildman–Crippen LogP) is 2.03. The first-order valence-electron chi connectivity index (χ1n) is 6.58. The van der Waals surface area contributed by atoms with Crippen LogP contribution in [0, 0.1) is 0 Å². The Morgan fingerprint density at radius 2 is 1.70 bits per heavy atom. The molecule has 106 valence electrons. The molecule has 0 aliphatic rings. The molecule has 0 fully saturated rings. The summed E-state index contributed by atoms with van der Waals surface area (Å²) in [7, 11) is 0. The van der Waals surface area contributed by atoms with Gasteiger partial charge in [0.2, 0.25) is 0 Å². The highest BCUT2D eigenvalue weighted by Gasteiger charge is 2.06. The second-order valence-corrected chi connectivity index (χ2v) is 4.49. The lowest BCUT2D eigenvalue weighted by Gasteiger charge is -2.15. The van der Waals surface area contributed by atoms with Gasteiger partial charge in [0, 0.05) is 6.54 Å². The third-order valence-electron chi connectivity index (χ3n) is 2.86. The van der Waals surface area contributed by atoms with Gasteiger partial charge in [0.15, 0.2) is 0 Å². The average Bonchev–Trinajstić information content (AvgIpc) is 2.52. The van der Waals surface area contributed by atoms with Crippen molar-refractivity contribution in [2.24, 2.45) is 0 Å². The van der Waals surface area contributed by atoms with Gasteiger partial charge in [-0.3, -0.25) is 0 Å². The number of nitrogens with one attached hydrogen (secondary N) is 1. The first-order chi connectivity index (χ1) is 9.79. The second-order valence-electron chi connectivity index (χ2n) is 4.49. The normalized spacial score (nSPS) is 11.9. The average molecular weight is 273 g/mol. The quantitative estimate of drug-likeness (QED) is 0.722. The Morgan fingerprint density at radius 1 is 1.00 bits per heavy atom. The van der Waals surface area contributed by atoms with E-state index in [1.54, 1.807) is 0 Å². The van der Waals surface area contributed by atoms with Gasteiger partial charge >= 0.3 is 0 Å². The highest BCUT2D eigenvalue weighted by molar-refractivity contribution is 5.56. The maximum atomic E-state index is 9.36. The maximum Gasteiger partial charge on any atom is 0.142 e. The third kappa shape index (κ3) is 4.26. The van der Waals surface area contributed by atoms with Gasteiger partial charge in [0.25, 0.3) is 0 Å². The number of anilines is 1. The van der Waals surface area contributed by atoms with E-state index in [0.29, 0.717) is 6.61 Å². The molecular formula is C16H19NO3. The Bertz CT molecular complexity index is 516. The maximum absolute atomic E-state index is 9.36. The van der Waals surface area contributed by atoms with E-state index in [1.165, 1.54) is 0 Å². The van der Waals surface area contributed by atoms with Crippen LogP contribution in [0.1, 0.15) is 5.56 Å². The van der Waals surface area contributed by atoms with Crippen LogP contribution in [0.3, 0.4) is 0 Å². The van der Waals surface area contributed by atoms with Gasteiger partial charge in [-0.05, 0) is 17.7 Å². The van der Waals surface area contributed by atoms with Gasteiger partial charge in [0.1, 0.15) is 12.4 Å². The number of benzene rings is 2. The third-order valence-corrected chi connectivity index (χ3v) is 2.86. The van der Waals surface area contributed by atoms with Crippen molar-refractivity contribution < 1.29 is 14.9 Å². The monoisotopic (exact) mass is 273 g/mol. The summed E-state index contributed by atoms with van der Waals surface area (Å²) in [5.74, 6) is 0.724. The zero-order valence-corrected chi connectivity index (χ0v) is 11.2. The minimum atomic E-state index is -0.780. The largest absolute Gasteiger partial charge is 0.487 e. The van der Waals surface area contributed by atoms with E-state index < -0.39 is 6.10 Å². The van der Waals surface area contributed by atoms with E-state index in [2.05, 4.69) is 5.32 Å². The minimum absolute atomic E-state index is 0.264. The fraction of sp³-hybridized carbons (Fsp3) is 0.250. The van der Waals surface area contributed by atoms with Crippen LogP contribution < -0.4 is 10.1 Å². The van der Waals surface area contributed by atoms with Crippen LogP contribution in [0.5, 0.6) is 5.75 Å². The molecule has 0 aliphatic heterocycles. The summed E-state index contributed by atoms with van der Waals surface area (Å²) < 4.78 is 5.78. The smallest absolute Gasteiger partial charge is 0.142 e. The Morgan fingerprint density at radius 3 is 2.45 bits per heavy atom. The highest BCUT2D eigenvalue weighted by atomic mass is 16.5. The number of hydrogen-bond donors (Lipinski definition) is 3. The van der Waals surface area contributed by atoms with Gasteiger partial charge in [-0.25, -0.2) is 0 Å². The fourth-order valence-corrected chi connectivity index (χ4v) is 1.77. The Balaban J connectivity index is 1.97. The van der Waals surface area contributed by atoms with Crippen LogP contribution in [0.25, 0.3) is 0 Å². The van der Waals surface area contributed by atoms with Gasteiger partial charge < -0.3 is 20.3 Å². The molecular weight excluding hydrogens is 254 g/mol. The van der Waals surface area contributed by atoms with Gasteiger partial charge in [0.05, 0.1) is 18.4 Å². The van der Waals surface area contributed by atoms with Crippen LogP contribution in [-0.4, -0.2) is 29.5 Å². The van der Waals surface area contributed by atoms with E-state index >= 15 is 0 Å². The topological polar surface area (TPSA) is 61.7 Å². The molecule has 20 heavy (non-hydrogen) atoms. The van der Waals surface area contributed by atoms with Gasteiger partial charge in [-0.2, -0.15) is 0 Å². The van der Waals surface area contributed by atoms with Crippen LogP contribution in [0.2, 0.25) is 0 Å². The molecule has 0 saturated carbocycles. The lowest BCUT2D eigenvalue weighted by atomic mass is 10.2. The molecule has 0 radical (unpaired) electrons. The molecule has 0 bridgehead atoms. The predicted molar refractivity (Wildman–Crippen MR) is 78.8 cm³/mol. The van der Waals surface area contributed by atoms with Crippen molar-refractivity contribution in [3.63, 3.8) is 0 Å². The molecule has 2 aromatic carbocycles. The highest BCUT2D eigenvalue weighted by Crippen LogP contribution is 2.24. The van der Waals surface area contributed by atoms with E-state index in [-0.39, 0.29) is 13.2 Å². The molecule has 0 spiro atoms. The summed E-state index contributed by atoms with van der Waals surface area (Å²) in [5.41, 5.74) is 1.90. The number of aliphatic hydroxyl groups is 2. The number of rotatable bonds is 7. The number of ether oxygens (including phenoxy) is 1. The van der Waals surface area contributed by atoms with Crippen molar-refractivity contribution >= 4 is 5.69 Å². The molecule has 0 heterocycles. The number of aliphatic hydroxyl groups excluding tert-OH is 2. The van der Waals surface area contributed by atoms with E-state index in [1.807, 2.05) is 54.6 Å². The molecule has 4 heteroatoms.